The number of aromatic nitrogens is 1. The number of hydrogen-bond acceptors (Lipinski definition) is 5. The molecule has 1 N–H and O–H groups in total. The number of thioether (sulfide) groups is 1. The van der Waals surface area contributed by atoms with Crippen molar-refractivity contribution in [2.24, 2.45) is 5.92 Å². The van der Waals surface area contributed by atoms with Gasteiger partial charge in [-0.15, -0.1) is 11.8 Å². The highest BCUT2D eigenvalue weighted by Gasteiger charge is 2.31. The molecule has 1 aliphatic rings. The number of benzene rings is 2. The molecule has 0 radical (unpaired) electrons. The molecule has 0 bridgehead atoms. The number of aryl methyl sites for hydroxylation is 1. The second-order valence-corrected chi connectivity index (χ2v) is 10.8. The minimum absolute atomic E-state index is 0.178. The summed E-state index contributed by atoms with van der Waals surface area (Å²) in [5.41, 5.74) is 1.94. The van der Waals surface area contributed by atoms with Crippen molar-refractivity contribution in [1.29, 1.82) is 0 Å². The van der Waals surface area contributed by atoms with Crippen LogP contribution in [-0.2, 0) is 11.2 Å². The molecule has 1 aromatic heterocycles. The summed E-state index contributed by atoms with van der Waals surface area (Å²) in [6, 6.07) is 12.9. The number of halogens is 2. The van der Waals surface area contributed by atoms with Crippen LogP contribution in [0.1, 0.15) is 37.7 Å². The highest BCUT2D eigenvalue weighted by Crippen LogP contribution is 2.31. The van der Waals surface area contributed by atoms with Crippen LogP contribution in [0, 0.1) is 11.7 Å². The van der Waals surface area contributed by atoms with Crippen molar-refractivity contribution in [3.05, 3.63) is 65.1 Å². The van der Waals surface area contributed by atoms with Gasteiger partial charge in [-0.1, -0.05) is 23.7 Å². The number of ether oxygens (including phenoxy) is 1. The van der Waals surface area contributed by atoms with Crippen LogP contribution in [0.5, 0.6) is 5.75 Å². The first-order valence-electron chi connectivity index (χ1n) is 12.4. The van der Waals surface area contributed by atoms with E-state index in [1.807, 2.05) is 30.3 Å². The van der Waals surface area contributed by atoms with E-state index in [-0.39, 0.29) is 17.8 Å². The number of rotatable bonds is 11. The zero-order chi connectivity index (χ0) is 25.5. The third-order valence-corrected chi connectivity index (χ3v) is 8.43. The fourth-order valence-electron chi connectivity index (χ4n) is 5.03. The Morgan fingerprint density at radius 2 is 2.11 bits per heavy atom. The predicted molar refractivity (Wildman–Crippen MR) is 144 cm³/mol. The number of carboxylic acids is 1. The minimum atomic E-state index is -0.704. The van der Waals surface area contributed by atoms with Crippen LogP contribution in [-0.4, -0.2) is 53.0 Å². The number of likely N-dealkylation sites (tertiary alicyclic amines) is 1. The van der Waals surface area contributed by atoms with Crippen LogP contribution >= 0.6 is 23.4 Å². The van der Waals surface area contributed by atoms with Gasteiger partial charge in [0.15, 0.2) is 0 Å². The number of nitrogens with zero attached hydrogens (tertiary/aromatic N) is 2. The topological polar surface area (TPSA) is 62.7 Å². The lowest BCUT2D eigenvalue weighted by atomic mass is 9.87. The lowest BCUT2D eigenvalue weighted by molar-refractivity contribution is -0.144. The van der Waals surface area contributed by atoms with Gasteiger partial charge in [0.25, 0.3) is 0 Å². The zero-order valence-electron chi connectivity index (χ0n) is 20.5. The van der Waals surface area contributed by atoms with Gasteiger partial charge < -0.3 is 14.7 Å². The Morgan fingerprint density at radius 1 is 1.28 bits per heavy atom. The maximum absolute atomic E-state index is 13.9. The summed E-state index contributed by atoms with van der Waals surface area (Å²) < 4.78 is 19.3. The molecule has 0 saturated carbocycles. The van der Waals surface area contributed by atoms with Gasteiger partial charge >= 0.3 is 5.97 Å². The van der Waals surface area contributed by atoms with Gasteiger partial charge in [0, 0.05) is 22.5 Å². The van der Waals surface area contributed by atoms with Gasteiger partial charge in [0.1, 0.15) is 11.6 Å². The molecule has 0 spiro atoms. The largest absolute Gasteiger partial charge is 0.497 e. The van der Waals surface area contributed by atoms with Crippen molar-refractivity contribution in [3.8, 4) is 5.75 Å². The van der Waals surface area contributed by atoms with E-state index in [1.54, 1.807) is 19.4 Å². The SMILES string of the molecule is COc1ccc2ncc(Cl)c(CCCC3CC(C(=O)O)CCN3CCCSc3ccccc3F)c2c1. The van der Waals surface area contributed by atoms with Gasteiger partial charge in [-0.25, -0.2) is 4.39 Å². The fraction of sp³-hybridized carbons (Fsp3) is 0.429. The molecule has 2 atom stereocenters. The highest BCUT2D eigenvalue weighted by molar-refractivity contribution is 7.99. The molecule has 1 fully saturated rings. The average Bonchev–Trinajstić information content (AvgIpc) is 2.89. The molecule has 2 unspecified atom stereocenters. The molecular weight excluding hydrogens is 499 g/mol. The van der Waals surface area contributed by atoms with E-state index in [0.29, 0.717) is 22.8 Å². The Kier molecular flexibility index (Phi) is 9.46. The summed E-state index contributed by atoms with van der Waals surface area (Å²) in [5.74, 6) is 0.414. The number of fused-ring (bicyclic) bond motifs is 1. The van der Waals surface area contributed by atoms with Gasteiger partial charge in [0.2, 0.25) is 0 Å². The Bertz CT molecular complexity index is 1190. The standard InChI is InChI=1S/C28H32ClFN2O3S/c1-35-21-10-11-26-23(17-21)22(24(29)18-31-26)7-4-6-20-16-19(28(33)34)12-14-32(20)13-5-15-36-27-9-3-2-8-25(27)30/h2-3,8-11,17-20H,4-7,12-16H2,1H3,(H,33,34). The van der Waals surface area contributed by atoms with Crippen molar-refractivity contribution in [2.45, 2.75) is 49.5 Å². The third kappa shape index (κ3) is 6.69. The Morgan fingerprint density at radius 3 is 2.89 bits per heavy atom. The number of piperidine rings is 1. The number of carboxylic acid groups (broad SMARTS) is 1. The smallest absolute Gasteiger partial charge is 0.306 e. The monoisotopic (exact) mass is 530 g/mol. The molecule has 192 valence electrons. The quantitative estimate of drug-likeness (QED) is 0.220. The normalized spacial score (nSPS) is 18.4. The zero-order valence-corrected chi connectivity index (χ0v) is 22.0. The lowest BCUT2D eigenvalue weighted by Crippen LogP contribution is -2.44. The number of hydrogen-bond donors (Lipinski definition) is 1. The third-order valence-electron chi connectivity index (χ3n) is 6.97. The molecule has 5 nitrogen and oxygen atoms in total. The van der Waals surface area contributed by atoms with Crippen LogP contribution in [0.25, 0.3) is 10.9 Å². The minimum Gasteiger partial charge on any atom is -0.497 e. The van der Waals surface area contributed by atoms with E-state index < -0.39 is 5.97 Å². The lowest BCUT2D eigenvalue weighted by Gasteiger charge is -2.38. The van der Waals surface area contributed by atoms with Crippen LogP contribution < -0.4 is 4.74 Å². The summed E-state index contributed by atoms with van der Waals surface area (Å²) in [6.45, 7) is 1.66. The molecule has 0 aliphatic carbocycles. The van der Waals surface area contributed by atoms with Crippen LogP contribution in [0.4, 0.5) is 4.39 Å². The Labute approximate surface area is 221 Å². The fourth-order valence-corrected chi connectivity index (χ4v) is 6.15. The molecule has 1 saturated heterocycles. The molecule has 8 heteroatoms. The van der Waals surface area contributed by atoms with Gasteiger partial charge in [0.05, 0.1) is 23.6 Å². The molecule has 0 amide bonds. The molecule has 3 aromatic rings. The highest BCUT2D eigenvalue weighted by atomic mass is 35.5. The van der Waals surface area contributed by atoms with E-state index in [0.717, 1.165) is 66.7 Å². The van der Waals surface area contributed by atoms with Crippen molar-refractivity contribution in [3.63, 3.8) is 0 Å². The number of pyridine rings is 1. The van der Waals surface area contributed by atoms with Crippen LogP contribution in [0.15, 0.2) is 53.6 Å². The van der Waals surface area contributed by atoms with Crippen molar-refractivity contribution >= 4 is 40.2 Å². The van der Waals surface area contributed by atoms with Gasteiger partial charge in [-0.2, -0.15) is 0 Å². The number of carbonyl (C=O) groups is 1. The van der Waals surface area contributed by atoms with Crippen molar-refractivity contribution < 1.29 is 19.0 Å². The summed E-state index contributed by atoms with van der Waals surface area (Å²) in [5, 5.41) is 11.3. The maximum atomic E-state index is 13.9. The van der Waals surface area contributed by atoms with Gasteiger partial charge in [-0.05, 0) is 93.3 Å². The maximum Gasteiger partial charge on any atom is 0.306 e. The second-order valence-electron chi connectivity index (χ2n) is 9.24. The van der Waals surface area contributed by atoms with E-state index in [1.165, 1.54) is 17.8 Å². The molecule has 2 aromatic carbocycles. The van der Waals surface area contributed by atoms with Crippen molar-refractivity contribution in [1.82, 2.24) is 9.88 Å². The first kappa shape index (κ1) is 26.7. The Hall–Kier alpha value is -2.35. The number of methoxy groups -OCH3 is 1. The predicted octanol–water partition coefficient (Wildman–Crippen LogP) is 6.71. The van der Waals surface area contributed by atoms with Crippen LogP contribution in [0.3, 0.4) is 0 Å². The molecular formula is C28H32ClFN2O3S. The molecule has 4 rings (SSSR count). The first-order chi connectivity index (χ1) is 17.5. The van der Waals surface area contributed by atoms with Gasteiger partial charge in [-0.3, -0.25) is 9.78 Å². The van der Waals surface area contributed by atoms with E-state index in [2.05, 4.69) is 9.88 Å². The second kappa shape index (κ2) is 12.7. The summed E-state index contributed by atoms with van der Waals surface area (Å²) in [6.07, 6.45) is 6.54. The van der Waals surface area contributed by atoms with Crippen LogP contribution in [0.2, 0.25) is 5.02 Å². The average molecular weight is 531 g/mol. The summed E-state index contributed by atoms with van der Waals surface area (Å²) >= 11 is 8.08. The molecule has 2 heterocycles. The van der Waals surface area contributed by atoms with E-state index in [9.17, 15) is 14.3 Å². The van der Waals surface area contributed by atoms with E-state index >= 15 is 0 Å². The van der Waals surface area contributed by atoms with Crippen molar-refractivity contribution in [2.75, 3.05) is 26.0 Å². The van der Waals surface area contributed by atoms with E-state index in [4.69, 9.17) is 16.3 Å². The summed E-state index contributed by atoms with van der Waals surface area (Å²) in [7, 11) is 1.64. The first-order valence-corrected chi connectivity index (χ1v) is 13.8. The molecule has 1 aliphatic heterocycles. The summed E-state index contributed by atoms with van der Waals surface area (Å²) in [4.78, 5) is 19.3. The molecule has 36 heavy (non-hydrogen) atoms. The number of aliphatic carboxylic acids is 1. The Balaban J connectivity index is 1.37.